The topological polar surface area (TPSA) is 21.3 Å². The highest BCUT2D eigenvalue weighted by Crippen LogP contribution is 2.24. The molecule has 0 amide bonds. The van der Waals surface area contributed by atoms with Gasteiger partial charge in [0, 0.05) is 6.04 Å². The fraction of sp³-hybridized carbons (Fsp3) is 0.400. The summed E-state index contributed by atoms with van der Waals surface area (Å²) >= 11 is 0. The van der Waals surface area contributed by atoms with E-state index in [1.165, 1.54) is 0 Å². The van der Waals surface area contributed by atoms with Crippen LogP contribution in [-0.4, -0.2) is 13.2 Å². The lowest BCUT2D eigenvalue weighted by Gasteiger charge is -2.28. The molecule has 1 atom stereocenters. The highest BCUT2D eigenvalue weighted by Gasteiger charge is 2.18. The molecule has 1 saturated heterocycles. The SMILES string of the molecule is FC(F)Oc1ccc(C2CCN2)cc1. The molecule has 1 aromatic carbocycles. The van der Waals surface area contributed by atoms with Crippen molar-refractivity contribution in [3.63, 3.8) is 0 Å². The summed E-state index contributed by atoms with van der Waals surface area (Å²) in [5.74, 6) is 0.211. The molecule has 0 bridgehead atoms. The molecule has 14 heavy (non-hydrogen) atoms. The van der Waals surface area contributed by atoms with E-state index < -0.39 is 6.61 Å². The Morgan fingerprint density at radius 3 is 2.36 bits per heavy atom. The number of benzene rings is 1. The van der Waals surface area contributed by atoms with E-state index >= 15 is 0 Å². The van der Waals surface area contributed by atoms with E-state index in [2.05, 4.69) is 10.1 Å². The van der Waals surface area contributed by atoms with E-state index in [1.54, 1.807) is 12.1 Å². The zero-order valence-electron chi connectivity index (χ0n) is 7.54. The first-order valence-corrected chi connectivity index (χ1v) is 4.54. The molecule has 1 aromatic rings. The van der Waals surface area contributed by atoms with Gasteiger partial charge in [-0.3, -0.25) is 0 Å². The lowest BCUT2D eigenvalue weighted by atomic mass is 9.98. The molecule has 76 valence electrons. The summed E-state index contributed by atoms with van der Waals surface area (Å²) in [4.78, 5) is 0. The maximum atomic E-state index is 11.8. The van der Waals surface area contributed by atoms with Crippen molar-refractivity contribution in [1.29, 1.82) is 0 Å². The Hall–Kier alpha value is -1.16. The molecule has 2 rings (SSSR count). The highest BCUT2D eigenvalue weighted by atomic mass is 19.3. The largest absolute Gasteiger partial charge is 0.435 e. The lowest BCUT2D eigenvalue weighted by Crippen LogP contribution is -2.34. The molecule has 0 aromatic heterocycles. The van der Waals surface area contributed by atoms with Crippen molar-refractivity contribution in [3.05, 3.63) is 29.8 Å². The summed E-state index contributed by atoms with van der Waals surface area (Å²) in [6.07, 6.45) is 1.11. The molecule has 1 aliphatic heterocycles. The molecule has 4 heteroatoms. The third kappa shape index (κ3) is 2.01. The van der Waals surface area contributed by atoms with Gasteiger partial charge in [0.25, 0.3) is 0 Å². The van der Waals surface area contributed by atoms with Crippen LogP contribution in [0.25, 0.3) is 0 Å². The molecule has 1 N–H and O–H groups in total. The smallest absolute Gasteiger partial charge is 0.387 e. The summed E-state index contributed by atoms with van der Waals surface area (Å²) in [5, 5.41) is 3.23. The van der Waals surface area contributed by atoms with Gasteiger partial charge in [0.1, 0.15) is 5.75 Å². The molecule has 1 aliphatic rings. The van der Waals surface area contributed by atoms with Crippen molar-refractivity contribution in [2.45, 2.75) is 19.1 Å². The second-order valence-electron chi connectivity index (χ2n) is 3.24. The van der Waals surface area contributed by atoms with Crippen LogP contribution in [0, 0.1) is 0 Å². The molecular weight excluding hydrogens is 188 g/mol. The van der Waals surface area contributed by atoms with Gasteiger partial charge in [0.05, 0.1) is 0 Å². The predicted molar refractivity (Wildman–Crippen MR) is 48.4 cm³/mol. The Kier molecular flexibility index (Phi) is 2.63. The van der Waals surface area contributed by atoms with Crippen molar-refractivity contribution in [2.75, 3.05) is 6.54 Å². The van der Waals surface area contributed by atoms with Gasteiger partial charge in [-0.05, 0) is 30.7 Å². The number of alkyl halides is 2. The minimum absolute atomic E-state index is 0.211. The van der Waals surface area contributed by atoms with Gasteiger partial charge in [-0.25, -0.2) is 0 Å². The Balaban J connectivity index is 2.02. The van der Waals surface area contributed by atoms with Crippen LogP contribution >= 0.6 is 0 Å². The molecule has 0 aliphatic carbocycles. The first kappa shape index (κ1) is 9.40. The molecule has 0 spiro atoms. The van der Waals surface area contributed by atoms with E-state index in [0.717, 1.165) is 18.5 Å². The van der Waals surface area contributed by atoms with Crippen LogP contribution in [0.1, 0.15) is 18.0 Å². The van der Waals surface area contributed by atoms with Gasteiger partial charge >= 0.3 is 6.61 Å². The van der Waals surface area contributed by atoms with Crippen molar-refractivity contribution < 1.29 is 13.5 Å². The van der Waals surface area contributed by atoms with Gasteiger partial charge in [-0.15, -0.1) is 0 Å². The van der Waals surface area contributed by atoms with Gasteiger partial charge in [-0.2, -0.15) is 8.78 Å². The minimum Gasteiger partial charge on any atom is -0.435 e. The van der Waals surface area contributed by atoms with Crippen LogP contribution in [-0.2, 0) is 0 Å². The number of hydrogen-bond acceptors (Lipinski definition) is 2. The van der Waals surface area contributed by atoms with Crippen molar-refractivity contribution in [3.8, 4) is 5.75 Å². The summed E-state index contributed by atoms with van der Waals surface area (Å²) in [7, 11) is 0. The number of ether oxygens (including phenoxy) is 1. The average molecular weight is 199 g/mol. The van der Waals surface area contributed by atoms with Crippen LogP contribution < -0.4 is 10.1 Å². The zero-order chi connectivity index (χ0) is 9.97. The number of rotatable bonds is 3. The lowest BCUT2D eigenvalue weighted by molar-refractivity contribution is -0.0498. The molecule has 1 fully saturated rings. The monoisotopic (exact) mass is 199 g/mol. The first-order chi connectivity index (χ1) is 6.75. The van der Waals surface area contributed by atoms with Crippen LogP contribution in [0.2, 0.25) is 0 Å². The second-order valence-corrected chi connectivity index (χ2v) is 3.24. The van der Waals surface area contributed by atoms with Crippen LogP contribution in [0.5, 0.6) is 5.75 Å². The average Bonchev–Trinajstić information content (AvgIpc) is 2.04. The van der Waals surface area contributed by atoms with E-state index in [4.69, 9.17) is 0 Å². The molecule has 1 unspecified atom stereocenters. The third-order valence-electron chi connectivity index (χ3n) is 2.33. The minimum atomic E-state index is -2.75. The Labute approximate surface area is 80.9 Å². The number of nitrogens with one attached hydrogen (secondary N) is 1. The first-order valence-electron chi connectivity index (χ1n) is 4.54. The normalized spacial score (nSPS) is 20.6. The number of halogens is 2. The van der Waals surface area contributed by atoms with Gasteiger partial charge < -0.3 is 10.1 Å². The van der Waals surface area contributed by atoms with E-state index in [-0.39, 0.29) is 5.75 Å². The zero-order valence-corrected chi connectivity index (χ0v) is 7.54. The van der Waals surface area contributed by atoms with Crippen LogP contribution in [0.3, 0.4) is 0 Å². The van der Waals surface area contributed by atoms with Gasteiger partial charge in [0.2, 0.25) is 0 Å². The van der Waals surface area contributed by atoms with E-state index in [9.17, 15) is 8.78 Å². The summed E-state index contributed by atoms with van der Waals surface area (Å²) < 4.78 is 27.9. The van der Waals surface area contributed by atoms with Crippen LogP contribution in [0.4, 0.5) is 8.78 Å². The molecular formula is C10H11F2NO. The van der Waals surface area contributed by atoms with Crippen molar-refractivity contribution in [1.82, 2.24) is 5.32 Å². The predicted octanol–water partition coefficient (Wildman–Crippen LogP) is 2.32. The Morgan fingerprint density at radius 1 is 1.29 bits per heavy atom. The molecule has 0 radical (unpaired) electrons. The van der Waals surface area contributed by atoms with E-state index in [1.807, 2.05) is 12.1 Å². The van der Waals surface area contributed by atoms with Crippen LogP contribution in [0.15, 0.2) is 24.3 Å². The van der Waals surface area contributed by atoms with E-state index in [0.29, 0.717) is 6.04 Å². The Morgan fingerprint density at radius 2 is 1.93 bits per heavy atom. The Bertz CT molecular complexity index is 295. The third-order valence-corrected chi connectivity index (χ3v) is 2.33. The quantitative estimate of drug-likeness (QED) is 0.806. The summed E-state index contributed by atoms with van der Waals surface area (Å²) in [6.45, 7) is -1.72. The fourth-order valence-electron chi connectivity index (χ4n) is 1.45. The number of hydrogen-bond donors (Lipinski definition) is 1. The van der Waals surface area contributed by atoms with Crippen molar-refractivity contribution in [2.24, 2.45) is 0 Å². The maximum Gasteiger partial charge on any atom is 0.387 e. The summed E-state index contributed by atoms with van der Waals surface area (Å²) in [6, 6.07) is 7.15. The van der Waals surface area contributed by atoms with Crippen molar-refractivity contribution >= 4 is 0 Å². The molecule has 1 heterocycles. The maximum absolute atomic E-state index is 11.8. The standard InChI is InChI=1S/C10H11F2NO/c11-10(12)14-8-3-1-7(2-4-8)9-5-6-13-9/h1-4,9-10,13H,5-6H2. The fourth-order valence-corrected chi connectivity index (χ4v) is 1.45. The highest BCUT2D eigenvalue weighted by molar-refractivity contribution is 5.30. The summed E-state index contributed by atoms with van der Waals surface area (Å²) in [5.41, 5.74) is 1.12. The second kappa shape index (κ2) is 3.92. The van der Waals surface area contributed by atoms with Gasteiger partial charge in [0.15, 0.2) is 0 Å². The van der Waals surface area contributed by atoms with Gasteiger partial charge in [-0.1, -0.05) is 12.1 Å². The molecule has 0 saturated carbocycles. The molecule has 2 nitrogen and oxygen atoms in total.